The number of aromatic nitrogens is 4. The molecule has 17 aromatic carbocycles. The van der Waals surface area contributed by atoms with Gasteiger partial charge in [0.2, 0.25) is 0 Å². The van der Waals surface area contributed by atoms with Gasteiger partial charge in [-0.25, -0.2) is 0 Å². The topological polar surface area (TPSA) is 67.3 Å². The first kappa shape index (κ1) is 87.9. The Morgan fingerprint density at radius 3 is 0.942 bits per heavy atom. The molecule has 4 heterocycles. The van der Waals surface area contributed by atoms with Gasteiger partial charge >= 0.3 is 24.7 Å². The molecular formula is C121H80F12N6. The van der Waals surface area contributed by atoms with Crippen molar-refractivity contribution in [2.45, 2.75) is 79.6 Å². The Balaban J connectivity index is 0.674. The number of hydrogen-bond acceptors (Lipinski definition) is 2. The lowest BCUT2D eigenvalue weighted by atomic mass is 9.88. The zero-order valence-electron chi connectivity index (χ0n) is 75.8. The lowest BCUT2D eigenvalue weighted by Crippen LogP contribution is -2.13. The molecule has 18 heteroatoms. The number of para-hydroxylation sites is 2. The lowest BCUT2D eigenvalue weighted by Gasteiger charge is -2.22. The van der Waals surface area contributed by atoms with E-state index in [2.05, 4.69) is 74.5 Å². The molecule has 0 N–H and O–H groups in total. The second kappa shape index (κ2) is 33.0. The van der Waals surface area contributed by atoms with Gasteiger partial charge in [-0.3, -0.25) is 0 Å². The van der Waals surface area contributed by atoms with Crippen LogP contribution in [0, 0.1) is 63.2 Å². The minimum Gasteiger partial charge on any atom is -0.309 e. The predicted octanol–water partition coefficient (Wildman–Crippen LogP) is 35.1. The Bertz CT molecular complexity index is 8980. The van der Waals surface area contributed by atoms with E-state index in [9.17, 15) is 36.9 Å². The SMILES string of the molecule is CC1=CCC(C)C=C1c1ccc2c(c1)c1cc(-c3ccccc3C)ccc1n2-c1cc(C#N)c(-n2c3ccc(-c4ccccc4C)cc3c3cc(-c4ccc(-c5ccc(-c6ccc7c8ccccc8n(-c8cc(-c9ccc(C(F)(F)F)cc9C(F)(F)F)c(-n9c%10ccccc%10c%10ccc(-c%11ccccc%11C)cc%109)cc8C#N)c7c6)c(C)c5)cc4C)ccc32)cc1-c1ccc(C(F)(F)F)cc1C(F)(F)F. The number of rotatable bonds is 13. The normalized spacial score (nSPS) is 13.4. The van der Waals surface area contributed by atoms with Gasteiger partial charge in [-0.05, 0) is 298 Å². The van der Waals surface area contributed by atoms with Crippen LogP contribution in [-0.2, 0) is 24.7 Å². The fourth-order valence-corrected chi connectivity index (χ4v) is 21.2. The van der Waals surface area contributed by atoms with Crippen LogP contribution in [0.4, 0.5) is 52.7 Å². The van der Waals surface area contributed by atoms with E-state index in [1.54, 1.807) is 22.8 Å². The van der Waals surface area contributed by atoms with Crippen molar-refractivity contribution in [1.82, 2.24) is 18.3 Å². The molecule has 139 heavy (non-hydrogen) atoms. The molecule has 0 fully saturated rings. The summed E-state index contributed by atoms with van der Waals surface area (Å²) in [7, 11) is 0. The molecule has 678 valence electrons. The summed E-state index contributed by atoms with van der Waals surface area (Å²) < 4.78 is 193. The molecule has 0 aliphatic heterocycles. The van der Waals surface area contributed by atoms with Crippen molar-refractivity contribution in [3.05, 3.63) is 412 Å². The number of nitriles is 2. The first-order valence-corrected chi connectivity index (χ1v) is 45.5. The standard InChI is InChI=1S/C121H80F12N6/c1-67-28-29-71(5)97(50-67)79-37-49-111-101(56-79)100-54-77(87-22-12-9-19-69(87)3)35-48-110(100)137(111)116-59-82(65-134)112(63-102(116)91-44-38-84(118(122,123)124)61-104(91)120(128,129)130)136-108-46-34-76(86-21-11-8-18-68(86)2)53-98(108)99-55-78(36-47-109(99)136)89-40-30-74(51-72(89)6)75-31-41-90(73(7)52-75)81-33-43-95-93-24-14-16-26-106(93)138(114(95)58-81)113-64-103(92-45-39-85(119(125,126)127)62-105(92)121(131,132)133)117(60-83(113)66-135)139-107-27-17-15-25-94(107)96-42-32-80(57-115(96)139)88-23-13-10-20-70(88)4/h8-27,29-64,67H,28H2,1-7H3. The van der Waals surface area contributed by atoms with Crippen molar-refractivity contribution in [3.63, 3.8) is 0 Å². The molecule has 6 nitrogen and oxygen atoms in total. The maximum atomic E-state index is 16.2. The van der Waals surface area contributed by atoms with Crippen LogP contribution in [0.1, 0.15) is 87.0 Å². The Kier molecular flexibility index (Phi) is 20.8. The summed E-state index contributed by atoms with van der Waals surface area (Å²) >= 11 is 0. The van der Waals surface area contributed by atoms with Gasteiger partial charge < -0.3 is 18.3 Å². The molecule has 0 amide bonds. The van der Waals surface area contributed by atoms with Gasteiger partial charge in [0.05, 0.1) is 100 Å². The Morgan fingerprint density at radius 2 is 0.561 bits per heavy atom. The van der Waals surface area contributed by atoms with Crippen LogP contribution in [0.5, 0.6) is 0 Å². The van der Waals surface area contributed by atoms with Gasteiger partial charge in [-0.15, -0.1) is 0 Å². The van der Waals surface area contributed by atoms with Crippen LogP contribution < -0.4 is 0 Å². The van der Waals surface area contributed by atoms with E-state index in [1.165, 1.54) is 12.1 Å². The summed E-state index contributed by atoms with van der Waals surface area (Å²) in [5.74, 6) is 0.239. The van der Waals surface area contributed by atoms with Crippen molar-refractivity contribution in [2.75, 3.05) is 0 Å². The molecule has 0 bridgehead atoms. The van der Waals surface area contributed by atoms with Gasteiger partial charge in [0.1, 0.15) is 12.1 Å². The Hall–Kier alpha value is -16.4. The molecule has 0 saturated carbocycles. The highest BCUT2D eigenvalue weighted by molar-refractivity contribution is 6.16. The number of halogens is 12. The molecule has 21 aromatic rings. The molecule has 1 unspecified atom stereocenters. The number of allylic oxidation sites excluding steroid dienone is 4. The highest BCUT2D eigenvalue weighted by atomic mass is 19.4. The van der Waals surface area contributed by atoms with E-state index >= 15 is 26.3 Å². The third-order valence-electron chi connectivity index (χ3n) is 28.0. The number of hydrogen-bond donors (Lipinski definition) is 0. The van der Waals surface area contributed by atoms with Gasteiger partial charge in [0, 0.05) is 54.2 Å². The summed E-state index contributed by atoms with van der Waals surface area (Å²) in [4.78, 5) is 0. The van der Waals surface area contributed by atoms with Gasteiger partial charge in [-0.1, -0.05) is 225 Å². The van der Waals surface area contributed by atoms with E-state index in [0.717, 1.165) is 173 Å². The minimum atomic E-state index is -5.32. The van der Waals surface area contributed by atoms with Gasteiger partial charge in [0.15, 0.2) is 0 Å². The zero-order valence-corrected chi connectivity index (χ0v) is 75.8. The zero-order chi connectivity index (χ0) is 96.5. The second-order valence-corrected chi connectivity index (χ2v) is 36.5. The average Bonchev–Trinajstić information content (AvgIpc) is 1.52. The molecule has 1 atom stereocenters. The van der Waals surface area contributed by atoms with Crippen molar-refractivity contribution < 1.29 is 52.7 Å². The first-order valence-electron chi connectivity index (χ1n) is 45.5. The Labute approximate surface area is 791 Å². The molecule has 22 rings (SSSR count). The summed E-state index contributed by atoms with van der Waals surface area (Å²) in [5.41, 5.74) is 16.3. The first-order chi connectivity index (χ1) is 66.7. The predicted molar refractivity (Wildman–Crippen MR) is 536 cm³/mol. The number of benzene rings is 17. The van der Waals surface area contributed by atoms with Crippen molar-refractivity contribution >= 4 is 92.8 Å². The van der Waals surface area contributed by atoms with E-state index in [-0.39, 0.29) is 63.1 Å². The molecule has 0 saturated heterocycles. The highest BCUT2D eigenvalue weighted by Crippen LogP contribution is 2.53. The smallest absolute Gasteiger partial charge is 0.309 e. The fourth-order valence-electron chi connectivity index (χ4n) is 21.2. The molecule has 0 spiro atoms. The molecule has 4 aromatic heterocycles. The monoisotopic (exact) mass is 1840 g/mol. The number of aryl methyl sites for hydroxylation is 5. The third kappa shape index (κ3) is 14.9. The number of alkyl halides is 12. The van der Waals surface area contributed by atoms with E-state index < -0.39 is 58.1 Å². The van der Waals surface area contributed by atoms with Gasteiger partial charge in [0.25, 0.3) is 0 Å². The largest absolute Gasteiger partial charge is 0.417 e. The van der Waals surface area contributed by atoms with E-state index in [4.69, 9.17) is 0 Å². The van der Waals surface area contributed by atoms with Crippen LogP contribution in [0.3, 0.4) is 0 Å². The summed E-state index contributed by atoms with van der Waals surface area (Å²) in [5, 5.41) is 29.5. The van der Waals surface area contributed by atoms with E-state index in [0.29, 0.717) is 56.3 Å². The van der Waals surface area contributed by atoms with Crippen LogP contribution in [0.2, 0.25) is 0 Å². The maximum absolute atomic E-state index is 16.2. The molecular weight excluding hydrogens is 1770 g/mol. The van der Waals surface area contributed by atoms with Crippen LogP contribution in [-0.4, -0.2) is 18.3 Å². The van der Waals surface area contributed by atoms with E-state index in [1.807, 2.05) is 273 Å². The highest BCUT2D eigenvalue weighted by Gasteiger charge is 2.42. The van der Waals surface area contributed by atoms with Crippen molar-refractivity contribution in [1.29, 1.82) is 10.5 Å². The summed E-state index contributed by atoms with van der Waals surface area (Å²) in [6.45, 7) is 14.2. The summed E-state index contributed by atoms with van der Waals surface area (Å²) in [6, 6.07) is 101. The fraction of sp³-hybridized carbons (Fsp3) is 0.107. The van der Waals surface area contributed by atoms with Crippen molar-refractivity contribution in [2.24, 2.45) is 5.92 Å². The van der Waals surface area contributed by atoms with Crippen LogP contribution >= 0.6 is 0 Å². The van der Waals surface area contributed by atoms with Crippen molar-refractivity contribution in [3.8, 4) is 124 Å². The molecule has 1 aliphatic rings. The van der Waals surface area contributed by atoms with Crippen LogP contribution in [0.15, 0.2) is 345 Å². The van der Waals surface area contributed by atoms with Gasteiger partial charge in [-0.2, -0.15) is 63.2 Å². The average molecular weight is 1850 g/mol. The number of fused-ring (bicyclic) bond motifs is 12. The number of nitrogens with zero attached hydrogens (tertiary/aromatic N) is 6. The maximum Gasteiger partial charge on any atom is 0.417 e. The quantitative estimate of drug-likeness (QED) is 0.108. The molecule has 1 aliphatic carbocycles. The second-order valence-electron chi connectivity index (χ2n) is 36.5. The van der Waals surface area contributed by atoms with Crippen LogP contribution in [0.25, 0.3) is 205 Å². The Morgan fingerprint density at radius 1 is 0.252 bits per heavy atom. The lowest BCUT2D eigenvalue weighted by molar-refractivity contribution is -0.144. The third-order valence-corrected chi connectivity index (χ3v) is 28.0. The summed E-state index contributed by atoms with van der Waals surface area (Å²) in [6.07, 6.45) is -15.6. The molecule has 0 radical (unpaired) electrons. The minimum absolute atomic E-state index is 0.0569.